The van der Waals surface area contributed by atoms with Crippen LogP contribution in [0.1, 0.15) is 12.8 Å². The van der Waals surface area contributed by atoms with Gasteiger partial charge in [-0.2, -0.15) is 4.37 Å². The molecule has 0 aliphatic heterocycles. The first-order chi connectivity index (χ1) is 5.34. The Labute approximate surface area is 69.8 Å². The zero-order valence-corrected chi connectivity index (χ0v) is 7.03. The highest BCUT2D eigenvalue weighted by molar-refractivity contribution is 7.10. The normalized spacial score (nSPS) is 16.7. The maximum Gasteiger partial charge on any atom is 0.139 e. The van der Waals surface area contributed by atoms with Crippen molar-refractivity contribution in [1.29, 1.82) is 0 Å². The molecule has 3 nitrogen and oxygen atoms in total. The Balaban J connectivity index is 1.85. The van der Waals surface area contributed by atoms with Gasteiger partial charge in [-0.25, -0.2) is 0 Å². The third kappa shape index (κ3) is 1.83. The molecule has 1 aromatic rings. The van der Waals surface area contributed by atoms with Gasteiger partial charge < -0.3 is 11.1 Å². The zero-order valence-electron chi connectivity index (χ0n) is 6.21. The van der Waals surface area contributed by atoms with Gasteiger partial charge in [-0.05, 0) is 30.3 Å². The number of nitrogens with one attached hydrogen (secondary N) is 1. The predicted octanol–water partition coefficient (Wildman–Crippen LogP) is 1.55. The zero-order chi connectivity index (χ0) is 7.68. The molecule has 1 saturated carbocycles. The third-order valence-electron chi connectivity index (χ3n) is 1.79. The van der Waals surface area contributed by atoms with Crippen molar-refractivity contribution in [2.45, 2.75) is 12.8 Å². The molecule has 3 N–H and O–H groups in total. The van der Waals surface area contributed by atoms with Crippen LogP contribution < -0.4 is 11.1 Å². The molecule has 4 heteroatoms. The highest BCUT2D eigenvalue weighted by atomic mass is 32.1. The number of anilines is 2. The van der Waals surface area contributed by atoms with E-state index in [2.05, 4.69) is 9.69 Å². The van der Waals surface area contributed by atoms with E-state index in [1.807, 2.05) is 6.07 Å². The second-order valence-corrected chi connectivity index (χ2v) is 3.75. The van der Waals surface area contributed by atoms with Crippen LogP contribution in [0.2, 0.25) is 0 Å². The van der Waals surface area contributed by atoms with Crippen LogP contribution in [-0.2, 0) is 0 Å². The van der Waals surface area contributed by atoms with Gasteiger partial charge in [-0.15, -0.1) is 0 Å². The lowest BCUT2D eigenvalue weighted by Crippen LogP contribution is -2.00. The third-order valence-corrected chi connectivity index (χ3v) is 2.55. The lowest BCUT2D eigenvalue weighted by atomic mass is 10.4. The highest BCUT2D eigenvalue weighted by Gasteiger charge is 2.20. The number of nitrogens with zero attached hydrogens (tertiary/aromatic N) is 1. The van der Waals surface area contributed by atoms with Gasteiger partial charge in [-0.3, -0.25) is 0 Å². The minimum atomic E-state index is 0.619. The van der Waals surface area contributed by atoms with Gasteiger partial charge in [0.15, 0.2) is 0 Å². The van der Waals surface area contributed by atoms with Crippen molar-refractivity contribution in [1.82, 2.24) is 4.37 Å². The molecule has 0 aromatic carbocycles. The van der Waals surface area contributed by atoms with Crippen LogP contribution in [-0.4, -0.2) is 10.9 Å². The lowest BCUT2D eigenvalue weighted by molar-refractivity contribution is 0.892. The summed E-state index contributed by atoms with van der Waals surface area (Å²) in [6, 6.07) is 1.88. The van der Waals surface area contributed by atoms with E-state index >= 15 is 0 Å². The summed E-state index contributed by atoms with van der Waals surface area (Å²) >= 11 is 1.43. The molecule has 1 fully saturated rings. The molecule has 0 amide bonds. The summed E-state index contributed by atoms with van der Waals surface area (Å²) in [4.78, 5) is 0. The van der Waals surface area contributed by atoms with Crippen LogP contribution in [0.4, 0.5) is 10.8 Å². The molecule has 1 heterocycles. The molecule has 0 unspecified atom stereocenters. The van der Waals surface area contributed by atoms with Crippen LogP contribution in [0.15, 0.2) is 6.07 Å². The van der Waals surface area contributed by atoms with E-state index in [-0.39, 0.29) is 0 Å². The largest absolute Gasteiger partial charge is 0.383 e. The summed E-state index contributed by atoms with van der Waals surface area (Å²) in [7, 11) is 0. The Morgan fingerprint density at radius 2 is 2.55 bits per heavy atom. The molecule has 1 aliphatic carbocycles. The molecule has 0 spiro atoms. The number of nitrogen functional groups attached to an aromatic ring is 1. The smallest absolute Gasteiger partial charge is 0.139 e. The average Bonchev–Trinajstić information content (AvgIpc) is 2.72. The minimum absolute atomic E-state index is 0.619. The van der Waals surface area contributed by atoms with Crippen LogP contribution in [0, 0.1) is 5.92 Å². The molecule has 0 atom stereocenters. The van der Waals surface area contributed by atoms with Gasteiger partial charge in [0, 0.05) is 12.6 Å². The van der Waals surface area contributed by atoms with Crippen molar-refractivity contribution in [3.8, 4) is 0 Å². The van der Waals surface area contributed by atoms with E-state index in [1.54, 1.807) is 0 Å². The molecule has 0 bridgehead atoms. The Hall–Kier alpha value is -0.770. The summed E-state index contributed by atoms with van der Waals surface area (Å²) < 4.78 is 3.97. The summed E-state index contributed by atoms with van der Waals surface area (Å²) in [6.45, 7) is 1.08. The minimum Gasteiger partial charge on any atom is -0.383 e. The van der Waals surface area contributed by atoms with Crippen molar-refractivity contribution in [2.24, 2.45) is 5.92 Å². The molecular formula is C7H11N3S. The lowest BCUT2D eigenvalue weighted by Gasteiger charge is -1.97. The van der Waals surface area contributed by atoms with E-state index in [0.29, 0.717) is 5.82 Å². The standard InChI is InChI=1S/C7H11N3S/c8-6-3-7(11-10-6)9-4-5-1-2-5/h3,5,9H,1-2,4H2,(H2,8,10). The van der Waals surface area contributed by atoms with Gasteiger partial charge in [0.05, 0.1) is 0 Å². The van der Waals surface area contributed by atoms with Gasteiger partial charge in [0.2, 0.25) is 0 Å². The fraction of sp³-hybridized carbons (Fsp3) is 0.571. The average molecular weight is 169 g/mol. The van der Waals surface area contributed by atoms with E-state index in [1.165, 1.54) is 24.4 Å². The SMILES string of the molecule is Nc1cc(NCC2CC2)sn1. The highest BCUT2D eigenvalue weighted by Crippen LogP contribution is 2.29. The summed E-state index contributed by atoms with van der Waals surface area (Å²) in [5.74, 6) is 1.52. The van der Waals surface area contributed by atoms with Crippen LogP contribution >= 0.6 is 11.5 Å². The fourth-order valence-electron chi connectivity index (χ4n) is 0.939. The van der Waals surface area contributed by atoms with Crippen molar-refractivity contribution >= 4 is 22.4 Å². The van der Waals surface area contributed by atoms with Crippen LogP contribution in [0.25, 0.3) is 0 Å². The molecule has 0 saturated heterocycles. The van der Waals surface area contributed by atoms with Gasteiger partial charge >= 0.3 is 0 Å². The molecule has 1 aromatic heterocycles. The summed E-state index contributed by atoms with van der Waals surface area (Å²) in [6.07, 6.45) is 2.75. The monoisotopic (exact) mass is 169 g/mol. The maximum absolute atomic E-state index is 5.46. The number of hydrogen-bond acceptors (Lipinski definition) is 4. The van der Waals surface area contributed by atoms with Crippen LogP contribution in [0.3, 0.4) is 0 Å². The van der Waals surface area contributed by atoms with Crippen molar-refractivity contribution < 1.29 is 0 Å². The first-order valence-electron chi connectivity index (χ1n) is 3.80. The predicted molar refractivity (Wildman–Crippen MR) is 47.7 cm³/mol. The first kappa shape index (κ1) is 6.91. The van der Waals surface area contributed by atoms with E-state index in [4.69, 9.17) is 5.73 Å². The molecule has 60 valence electrons. The maximum atomic E-state index is 5.46. The molecule has 11 heavy (non-hydrogen) atoms. The second kappa shape index (κ2) is 2.70. The van der Waals surface area contributed by atoms with Crippen molar-refractivity contribution in [3.63, 3.8) is 0 Å². The molecular weight excluding hydrogens is 158 g/mol. The quantitative estimate of drug-likeness (QED) is 0.721. The molecule has 1 aliphatic rings. The van der Waals surface area contributed by atoms with E-state index in [9.17, 15) is 0 Å². The molecule has 0 radical (unpaired) electrons. The first-order valence-corrected chi connectivity index (χ1v) is 4.58. The van der Waals surface area contributed by atoms with Crippen LogP contribution in [0.5, 0.6) is 0 Å². The summed E-state index contributed by atoms with van der Waals surface area (Å²) in [5, 5.41) is 4.40. The molecule has 2 rings (SSSR count). The van der Waals surface area contributed by atoms with E-state index in [0.717, 1.165) is 17.5 Å². The topological polar surface area (TPSA) is 50.9 Å². The number of hydrogen-bond donors (Lipinski definition) is 2. The van der Waals surface area contributed by atoms with Gasteiger partial charge in [-0.1, -0.05) is 0 Å². The van der Waals surface area contributed by atoms with Gasteiger partial charge in [0.25, 0.3) is 0 Å². The summed E-state index contributed by atoms with van der Waals surface area (Å²) in [5.41, 5.74) is 5.46. The Morgan fingerprint density at radius 3 is 3.09 bits per heavy atom. The van der Waals surface area contributed by atoms with E-state index < -0.39 is 0 Å². The van der Waals surface area contributed by atoms with Gasteiger partial charge in [0.1, 0.15) is 10.8 Å². The Kier molecular flexibility index (Phi) is 1.69. The fourth-order valence-corrected chi connectivity index (χ4v) is 1.52. The van der Waals surface area contributed by atoms with Crippen molar-refractivity contribution in [2.75, 3.05) is 17.6 Å². The second-order valence-electron chi connectivity index (χ2n) is 2.94. The number of nitrogens with two attached hydrogens (primary N) is 1. The Morgan fingerprint density at radius 1 is 1.73 bits per heavy atom. The number of rotatable bonds is 3. The Bertz CT molecular complexity index is 242. The van der Waals surface area contributed by atoms with Crippen molar-refractivity contribution in [3.05, 3.63) is 6.07 Å². The number of aromatic nitrogens is 1.